The predicted octanol–water partition coefficient (Wildman–Crippen LogP) is 1.86. The van der Waals surface area contributed by atoms with Crippen LogP contribution in [-0.4, -0.2) is 29.1 Å². The van der Waals surface area contributed by atoms with Crippen molar-refractivity contribution in [2.75, 3.05) is 6.54 Å². The van der Waals surface area contributed by atoms with Gasteiger partial charge in [0.05, 0.1) is 12.6 Å². The van der Waals surface area contributed by atoms with Gasteiger partial charge in [-0.2, -0.15) is 0 Å². The number of nitrogens with zero attached hydrogens (tertiary/aromatic N) is 3. The molecular formula is C10H10ClN3O3. The third kappa shape index (κ3) is 3.44. The number of benzene rings is 1. The van der Waals surface area contributed by atoms with Crippen LogP contribution in [0.25, 0.3) is 10.4 Å². The largest absolute Gasteiger partial charge is 0.390 e. The number of aliphatic hydroxyl groups excluding tert-OH is 2. The van der Waals surface area contributed by atoms with Crippen LogP contribution in [0.15, 0.2) is 23.3 Å². The number of hydrogen-bond acceptors (Lipinski definition) is 4. The van der Waals surface area contributed by atoms with E-state index in [9.17, 15) is 15.0 Å². The molecule has 0 aromatic heterocycles. The number of azide groups is 1. The Morgan fingerprint density at radius 3 is 2.82 bits per heavy atom. The molecule has 2 unspecified atom stereocenters. The van der Waals surface area contributed by atoms with Gasteiger partial charge in [-0.25, -0.2) is 0 Å². The van der Waals surface area contributed by atoms with Crippen molar-refractivity contribution in [2.45, 2.75) is 12.2 Å². The maximum absolute atomic E-state index is 10.8. The molecule has 1 aromatic rings. The monoisotopic (exact) mass is 255 g/mol. The smallest absolute Gasteiger partial charge is 0.150 e. The van der Waals surface area contributed by atoms with Gasteiger partial charge in [0.2, 0.25) is 0 Å². The second-order valence-corrected chi connectivity index (χ2v) is 3.75. The van der Waals surface area contributed by atoms with Crippen molar-refractivity contribution >= 4 is 17.9 Å². The molecule has 0 aliphatic rings. The number of halogens is 1. The quantitative estimate of drug-likeness (QED) is 0.363. The Bertz CT molecular complexity index is 460. The van der Waals surface area contributed by atoms with Gasteiger partial charge in [-0.3, -0.25) is 4.79 Å². The molecule has 90 valence electrons. The summed E-state index contributed by atoms with van der Waals surface area (Å²) in [5, 5.41) is 22.8. The summed E-state index contributed by atoms with van der Waals surface area (Å²) in [6.07, 6.45) is -2.05. The Morgan fingerprint density at radius 2 is 2.24 bits per heavy atom. The van der Waals surface area contributed by atoms with Gasteiger partial charge in [0, 0.05) is 15.5 Å². The molecule has 0 aliphatic carbocycles. The summed E-state index contributed by atoms with van der Waals surface area (Å²) < 4.78 is 0. The van der Waals surface area contributed by atoms with Crippen LogP contribution in [0, 0.1) is 0 Å². The Labute approximate surface area is 102 Å². The Hall–Kier alpha value is -1.59. The average molecular weight is 256 g/mol. The first kappa shape index (κ1) is 13.5. The zero-order chi connectivity index (χ0) is 12.8. The van der Waals surface area contributed by atoms with Crippen LogP contribution in [0.4, 0.5) is 0 Å². The molecule has 0 bridgehead atoms. The molecule has 0 spiro atoms. The van der Waals surface area contributed by atoms with Gasteiger partial charge in [0.25, 0.3) is 0 Å². The number of aldehydes is 1. The van der Waals surface area contributed by atoms with Crippen molar-refractivity contribution in [1.29, 1.82) is 0 Å². The molecule has 1 aromatic carbocycles. The molecule has 7 heteroatoms. The third-order valence-corrected chi connectivity index (χ3v) is 2.43. The van der Waals surface area contributed by atoms with Crippen LogP contribution >= 0.6 is 11.6 Å². The lowest BCUT2D eigenvalue weighted by Gasteiger charge is -2.17. The minimum atomic E-state index is -1.31. The lowest BCUT2D eigenvalue weighted by molar-refractivity contribution is 0.0240. The van der Waals surface area contributed by atoms with Crippen LogP contribution in [0.1, 0.15) is 22.0 Å². The highest BCUT2D eigenvalue weighted by molar-refractivity contribution is 6.30. The van der Waals surface area contributed by atoms with E-state index in [1.807, 2.05) is 0 Å². The summed E-state index contributed by atoms with van der Waals surface area (Å²) in [7, 11) is 0. The van der Waals surface area contributed by atoms with Gasteiger partial charge in [0.1, 0.15) is 12.4 Å². The van der Waals surface area contributed by atoms with E-state index in [0.29, 0.717) is 11.3 Å². The molecule has 0 amide bonds. The average Bonchev–Trinajstić information content (AvgIpc) is 2.34. The summed E-state index contributed by atoms with van der Waals surface area (Å²) in [6, 6.07) is 4.32. The first-order valence-corrected chi connectivity index (χ1v) is 5.09. The van der Waals surface area contributed by atoms with Gasteiger partial charge in [0.15, 0.2) is 0 Å². The summed E-state index contributed by atoms with van der Waals surface area (Å²) >= 11 is 5.69. The fourth-order valence-corrected chi connectivity index (χ4v) is 1.52. The highest BCUT2D eigenvalue weighted by Gasteiger charge is 2.20. The van der Waals surface area contributed by atoms with E-state index in [1.54, 1.807) is 0 Å². The summed E-state index contributed by atoms with van der Waals surface area (Å²) in [4.78, 5) is 13.3. The Balaban J connectivity index is 2.98. The van der Waals surface area contributed by atoms with Gasteiger partial charge in [-0.15, -0.1) is 0 Å². The lowest BCUT2D eigenvalue weighted by atomic mass is 9.99. The lowest BCUT2D eigenvalue weighted by Crippen LogP contribution is -2.22. The van der Waals surface area contributed by atoms with E-state index in [4.69, 9.17) is 17.1 Å². The maximum Gasteiger partial charge on any atom is 0.150 e. The van der Waals surface area contributed by atoms with E-state index in [2.05, 4.69) is 10.0 Å². The fraction of sp³-hybridized carbons (Fsp3) is 0.300. The molecule has 0 saturated heterocycles. The Morgan fingerprint density at radius 1 is 1.53 bits per heavy atom. The van der Waals surface area contributed by atoms with Gasteiger partial charge >= 0.3 is 0 Å². The van der Waals surface area contributed by atoms with Crippen LogP contribution in [-0.2, 0) is 0 Å². The first-order valence-electron chi connectivity index (χ1n) is 4.71. The van der Waals surface area contributed by atoms with Crippen LogP contribution in [0.3, 0.4) is 0 Å². The molecule has 0 fully saturated rings. The number of carbonyl (C=O) groups is 1. The standard InChI is InChI=1S/C10H10ClN3O3/c11-7-1-2-8(6(3-7)5-15)10(17)9(16)4-13-14-12/h1-3,5,9-10,16-17H,4H2. The van der Waals surface area contributed by atoms with E-state index >= 15 is 0 Å². The van der Waals surface area contributed by atoms with Crippen molar-refractivity contribution in [3.63, 3.8) is 0 Å². The normalized spacial score (nSPS) is 13.6. The molecule has 0 saturated carbocycles. The molecule has 2 atom stereocenters. The topological polar surface area (TPSA) is 106 Å². The van der Waals surface area contributed by atoms with Crippen LogP contribution in [0.5, 0.6) is 0 Å². The molecule has 6 nitrogen and oxygen atoms in total. The highest BCUT2D eigenvalue weighted by atomic mass is 35.5. The van der Waals surface area contributed by atoms with Crippen LogP contribution in [0.2, 0.25) is 5.02 Å². The van der Waals surface area contributed by atoms with Gasteiger partial charge < -0.3 is 10.2 Å². The summed E-state index contributed by atoms with van der Waals surface area (Å²) in [6.45, 7) is -0.279. The maximum atomic E-state index is 10.8. The minimum absolute atomic E-state index is 0.185. The number of carbonyl (C=O) groups excluding carboxylic acids is 1. The summed E-state index contributed by atoms with van der Waals surface area (Å²) in [5.41, 5.74) is 8.52. The van der Waals surface area contributed by atoms with Gasteiger partial charge in [-0.05, 0) is 23.2 Å². The molecular weight excluding hydrogens is 246 g/mol. The van der Waals surface area contributed by atoms with E-state index in [1.165, 1.54) is 18.2 Å². The van der Waals surface area contributed by atoms with Crippen molar-refractivity contribution in [3.05, 3.63) is 44.8 Å². The van der Waals surface area contributed by atoms with Crippen molar-refractivity contribution < 1.29 is 15.0 Å². The van der Waals surface area contributed by atoms with Gasteiger partial charge in [-0.1, -0.05) is 22.8 Å². The zero-order valence-corrected chi connectivity index (χ0v) is 9.45. The van der Waals surface area contributed by atoms with E-state index in [-0.39, 0.29) is 17.7 Å². The molecule has 17 heavy (non-hydrogen) atoms. The second kappa shape index (κ2) is 6.22. The SMILES string of the molecule is [N-]=[N+]=NCC(O)C(O)c1ccc(Cl)cc1C=O. The third-order valence-electron chi connectivity index (χ3n) is 2.19. The molecule has 0 radical (unpaired) electrons. The van der Waals surface area contributed by atoms with Crippen molar-refractivity contribution in [3.8, 4) is 0 Å². The predicted molar refractivity (Wildman–Crippen MR) is 61.8 cm³/mol. The fourth-order valence-electron chi connectivity index (χ4n) is 1.34. The molecule has 1 rings (SSSR count). The van der Waals surface area contributed by atoms with Crippen molar-refractivity contribution in [2.24, 2.45) is 5.11 Å². The minimum Gasteiger partial charge on any atom is -0.390 e. The van der Waals surface area contributed by atoms with Crippen molar-refractivity contribution in [1.82, 2.24) is 0 Å². The van der Waals surface area contributed by atoms with Crippen LogP contribution < -0.4 is 0 Å². The highest BCUT2D eigenvalue weighted by Crippen LogP contribution is 2.23. The van der Waals surface area contributed by atoms with E-state index in [0.717, 1.165) is 0 Å². The molecule has 2 N–H and O–H groups in total. The number of aliphatic hydroxyl groups is 2. The second-order valence-electron chi connectivity index (χ2n) is 3.32. The number of rotatable bonds is 5. The summed E-state index contributed by atoms with van der Waals surface area (Å²) in [5.74, 6) is 0. The van der Waals surface area contributed by atoms with E-state index < -0.39 is 12.2 Å². The zero-order valence-electron chi connectivity index (χ0n) is 8.69. The molecule has 0 aliphatic heterocycles. The Kier molecular flexibility index (Phi) is 4.93. The molecule has 0 heterocycles. The number of hydrogen-bond donors (Lipinski definition) is 2. The first-order chi connectivity index (χ1) is 8.10.